The number of nitrogens with one attached hydrogen (secondary N) is 1. The van der Waals surface area contributed by atoms with E-state index in [1.165, 1.54) is 0 Å². The van der Waals surface area contributed by atoms with Crippen LogP contribution in [-0.4, -0.2) is 35.6 Å². The molecule has 0 radical (unpaired) electrons. The first kappa shape index (κ1) is 16.8. The van der Waals surface area contributed by atoms with Gasteiger partial charge in [-0.2, -0.15) is 0 Å². The Balaban J connectivity index is 1.66. The number of aliphatic hydroxyl groups excluding tert-OH is 1. The van der Waals surface area contributed by atoms with Crippen molar-refractivity contribution in [1.82, 2.24) is 10.2 Å². The van der Waals surface area contributed by atoms with E-state index in [-0.39, 0.29) is 12.0 Å². The highest BCUT2D eigenvalue weighted by molar-refractivity contribution is 6.00. The van der Waals surface area contributed by atoms with E-state index in [0.717, 1.165) is 59.4 Å². The monoisotopic (exact) mass is 349 g/mol. The molecular weight excluding hydrogens is 326 g/mol. The summed E-state index contributed by atoms with van der Waals surface area (Å²) in [6.07, 6.45) is 3.17. The summed E-state index contributed by atoms with van der Waals surface area (Å²) in [5.41, 5.74) is 2.11. The zero-order chi connectivity index (χ0) is 18.0. The molecule has 5 heteroatoms. The van der Waals surface area contributed by atoms with Crippen LogP contribution in [0.5, 0.6) is 5.75 Å². The summed E-state index contributed by atoms with van der Waals surface area (Å²) in [6.45, 7) is 1.07. The molecular formula is C21H23N3O2. The van der Waals surface area contributed by atoms with Crippen molar-refractivity contribution in [2.45, 2.75) is 19.3 Å². The second-order valence-electron chi connectivity index (χ2n) is 7.00. The largest absolute Gasteiger partial charge is 0.497 e. The molecule has 0 spiro atoms. The van der Waals surface area contributed by atoms with E-state index in [1.54, 1.807) is 7.11 Å². The molecule has 1 aromatic heterocycles. The fourth-order valence-corrected chi connectivity index (χ4v) is 3.40. The van der Waals surface area contributed by atoms with Gasteiger partial charge in [0.2, 0.25) is 0 Å². The Bertz CT molecular complexity index is 905. The van der Waals surface area contributed by atoms with Crippen LogP contribution in [0.2, 0.25) is 0 Å². The predicted octanol–water partition coefficient (Wildman–Crippen LogP) is 3.88. The molecule has 2 N–H and O–H groups in total. The van der Waals surface area contributed by atoms with Crippen LogP contribution in [-0.2, 0) is 0 Å². The summed E-state index contributed by atoms with van der Waals surface area (Å²) in [7, 11) is 1.66. The topological polar surface area (TPSA) is 67.3 Å². The maximum atomic E-state index is 9.25. The molecule has 0 amide bonds. The number of fused-ring (bicyclic) bond motifs is 1. The minimum Gasteiger partial charge on any atom is -0.497 e. The van der Waals surface area contributed by atoms with E-state index < -0.39 is 0 Å². The Morgan fingerprint density at radius 3 is 2.42 bits per heavy atom. The summed E-state index contributed by atoms with van der Waals surface area (Å²) >= 11 is 0. The molecule has 0 bridgehead atoms. The van der Waals surface area contributed by atoms with Crippen molar-refractivity contribution in [3.05, 3.63) is 48.5 Å². The summed E-state index contributed by atoms with van der Waals surface area (Å²) in [5, 5.41) is 23.8. The van der Waals surface area contributed by atoms with Gasteiger partial charge in [-0.1, -0.05) is 24.3 Å². The predicted molar refractivity (Wildman–Crippen MR) is 103 cm³/mol. The van der Waals surface area contributed by atoms with E-state index in [9.17, 15) is 5.11 Å². The fourth-order valence-electron chi connectivity index (χ4n) is 3.40. The number of anilines is 1. The van der Waals surface area contributed by atoms with Crippen LogP contribution in [0.25, 0.3) is 22.0 Å². The Labute approximate surface area is 153 Å². The molecule has 3 aromatic rings. The van der Waals surface area contributed by atoms with Crippen LogP contribution in [0.4, 0.5) is 5.82 Å². The highest BCUT2D eigenvalue weighted by Gasteiger charge is 2.41. The van der Waals surface area contributed by atoms with Crippen molar-refractivity contribution < 1.29 is 9.84 Å². The third-order valence-electron chi connectivity index (χ3n) is 5.28. The van der Waals surface area contributed by atoms with Crippen molar-refractivity contribution in [3.8, 4) is 17.0 Å². The third-order valence-corrected chi connectivity index (χ3v) is 5.28. The van der Waals surface area contributed by atoms with E-state index in [0.29, 0.717) is 0 Å². The number of ether oxygens (including phenoxy) is 1. The van der Waals surface area contributed by atoms with Crippen molar-refractivity contribution in [2.75, 3.05) is 25.6 Å². The van der Waals surface area contributed by atoms with Crippen LogP contribution in [0.15, 0.2) is 48.5 Å². The van der Waals surface area contributed by atoms with E-state index in [4.69, 9.17) is 4.74 Å². The van der Waals surface area contributed by atoms with Crippen LogP contribution in [0.1, 0.15) is 19.3 Å². The summed E-state index contributed by atoms with van der Waals surface area (Å²) < 4.78 is 5.24. The standard InChI is InChI=1S/C21H23N3O2/c1-26-16-8-6-15(7-9-16)19-17-4-2-3-5-18(17)20(24-23-19)22-14-21(10-11-21)12-13-25/h2-9,25H,10-14H2,1H3,(H,22,24). The van der Waals surface area contributed by atoms with Crippen molar-refractivity contribution in [1.29, 1.82) is 0 Å². The minimum absolute atomic E-state index is 0.228. The van der Waals surface area contributed by atoms with Gasteiger partial charge in [0.1, 0.15) is 11.4 Å². The lowest BCUT2D eigenvalue weighted by Gasteiger charge is -2.16. The van der Waals surface area contributed by atoms with Gasteiger partial charge < -0.3 is 15.2 Å². The lowest BCUT2D eigenvalue weighted by molar-refractivity contribution is 0.253. The first-order chi connectivity index (χ1) is 12.7. The number of aliphatic hydroxyl groups is 1. The van der Waals surface area contributed by atoms with Gasteiger partial charge in [-0.15, -0.1) is 10.2 Å². The lowest BCUT2D eigenvalue weighted by atomic mass is 10.0. The lowest BCUT2D eigenvalue weighted by Crippen LogP contribution is -2.18. The van der Waals surface area contributed by atoms with Crippen LogP contribution >= 0.6 is 0 Å². The zero-order valence-electron chi connectivity index (χ0n) is 14.9. The number of nitrogens with zero attached hydrogens (tertiary/aromatic N) is 2. The molecule has 1 aliphatic carbocycles. The average Bonchev–Trinajstić information content (AvgIpc) is 3.46. The second kappa shape index (κ2) is 6.92. The van der Waals surface area contributed by atoms with Gasteiger partial charge in [0.25, 0.3) is 0 Å². The van der Waals surface area contributed by atoms with Crippen LogP contribution in [0, 0.1) is 5.41 Å². The smallest absolute Gasteiger partial charge is 0.156 e. The minimum atomic E-state index is 0.228. The number of hydrogen-bond acceptors (Lipinski definition) is 5. The van der Waals surface area contributed by atoms with Gasteiger partial charge in [0.15, 0.2) is 5.82 Å². The second-order valence-corrected chi connectivity index (χ2v) is 7.00. The Kier molecular flexibility index (Phi) is 4.47. The van der Waals surface area contributed by atoms with Gasteiger partial charge in [-0.25, -0.2) is 0 Å². The average molecular weight is 349 g/mol. The Hall–Kier alpha value is -2.66. The first-order valence-corrected chi connectivity index (χ1v) is 8.99. The molecule has 0 unspecified atom stereocenters. The van der Waals surface area contributed by atoms with Gasteiger partial charge >= 0.3 is 0 Å². The molecule has 1 heterocycles. The quantitative estimate of drug-likeness (QED) is 0.677. The molecule has 1 saturated carbocycles. The van der Waals surface area contributed by atoms with E-state index >= 15 is 0 Å². The molecule has 1 fully saturated rings. The molecule has 0 aliphatic heterocycles. The highest BCUT2D eigenvalue weighted by atomic mass is 16.5. The summed E-state index contributed by atoms with van der Waals surface area (Å²) in [6, 6.07) is 16.1. The van der Waals surface area contributed by atoms with Crippen molar-refractivity contribution in [3.63, 3.8) is 0 Å². The zero-order valence-corrected chi connectivity index (χ0v) is 14.9. The highest BCUT2D eigenvalue weighted by Crippen LogP contribution is 2.48. The van der Waals surface area contributed by atoms with Gasteiger partial charge in [0, 0.05) is 29.5 Å². The molecule has 2 aromatic carbocycles. The molecule has 5 nitrogen and oxygen atoms in total. The van der Waals surface area contributed by atoms with E-state index in [2.05, 4.69) is 27.6 Å². The van der Waals surface area contributed by atoms with E-state index in [1.807, 2.05) is 36.4 Å². The maximum absolute atomic E-state index is 9.25. The van der Waals surface area contributed by atoms with Crippen LogP contribution < -0.4 is 10.1 Å². The normalized spacial score (nSPS) is 15.0. The molecule has 26 heavy (non-hydrogen) atoms. The number of hydrogen-bond donors (Lipinski definition) is 2. The van der Waals surface area contributed by atoms with Crippen molar-refractivity contribution in [2.24, 2.45) is 5.41 Å². The molecule has 134 valence electrons. The fraction of sp³-hybridized carbons (Fsp3) is 0.333. The Morgan fingerprint density at radius 1 is 1.04 bits per heavy atom. The number of aromatic nitrogens is 2. The number of benzene rings is 2. The SMILES string of the molecule is COc1ccc(-c2nnc(NCC3(CCO)CC3)c3ccccc23)cc1. The van der Waals surface area contributed by atoms with Crippen molar-refractivity contribution >= 4 is 16.6 Å². The van der Waals surface area contributed by atoms with Gasteiger partial charge in [0.05, 0.1) is 7.11 Å². The molecule has 0 saturated heterocycles. The Morgan fingerprint density at radius 2 is 1.77 bits per heavy atom. The third kappa shape index (κ3) is 3.22. The van der Waals surface area contributed by atoms with Crippen LogP contribution in [0.3, 0.4) is 0 Å². The number of methoxy groups -OCH3 is 1. The first-order valence-electron chi connectivity index (χ1n) is 8.99. The summed E-state index contributed by atoms with van der Waals surface area (Å²) in [4.78, 5) is 0. The number of rotatable bonds is 7. The maximum Gasteiger partial charge on any atom is 0.156 e. The molecule has 1 aliphatic rings. The molecule has 0 atom stereocenters. The van der Waals surface area contributed by atoms with Gasteiger partial charge in [-0.3, -0.25) is 0 Å². The molecule has 4 rings (SSSR count). The summed E-state index contributed by atoms with van der Waals surface area (Å²) in [5.74, 6) is 1.63. The van der Waals surface area contributed by atoms with Gasteiger partial charge in [-0.05, 0) is 48.9 Å².